The van der Waals surface area contributed by atoms with E-state index in [4.69, 9.17) is 0 Å². The number of carbonyl (C=O) groups excluding carboxylic acids is 1. The zero-order chi connectivity index (χ0) is 15.4. The van der Waals surface area contributed by atoms with Crippen molar-refractivity contribution in [1.82, 2.24) is 0 Å². The zero-order valence-electron chi connectivity index (χ0n) is 14.0. The van der Waals surface area contributed by atoms with E-state index in [-0.39, 0.29) is 0 Å². The largest absolute Gasteiger partial charge is 0.234 e. The van der Waals surface area contributed by atoms with Crippen LogP contribution in [0.2, 0.25) is 0 Å². The van der Waals surface area contributed by atoms with Gasteiger partial charge in [-0.25, -0.2) is 9.79 Å². The first-order valence-corrected chi connectivity index (χ1v) is 9.06. The normalized spacial score (nSPS) is 10.3. The fourth-order valence-electron chi connectivity index (χ4n) is 2.65. The Morgan fingerprint density at radius 2 is 1.05 bits per heavy atom. The Morgan fingerprint density at radius 1 is 0.667 bits per heavy atom. The van der Waals surface area contributed by atoms with Crippen LogP contribution in [0.25, 0.3) is 0 Å². The van der Waals surface area contributed by atoms with Gasteiger partial charge in [-0.1, -0.05) is 83.1 Å². The van der Waals surface area contributed by atoms with Crippen LogP contribution in [0.15, 0.2) is 17.6 Å². The highest BCUT2D eigenvalue weighted by atomic mass is 16.1. The molecule has 2 nitrogen and oxygen atoms in total. The maximum atomic E-state index is 9.87. The van der Waals surface area contributed by atoms with Crippen LogP contribution in [0.3, 0.4) is 0 Å². The minimum absolute atomic E-state index is 0.664. The van der Waals surface area contributed by atoms with Crippen molar-refractivity contribution in [2.45, 2.75) is 96.3 Å². The molecule has 0 saturated heterocycles. The SMILES string of the molecule is C=CCCCCCCCCCCCCCCCCN=C=O. The van der Waals surface area contributed by atoms with E-state index in [2.05, 4.69) is 11.6 Å². The molecule has 0 aromatic heterocycles. The number of unbranched alkanes of at least 4 members (excludes halogenated alkanes) is 14. The number of allylic oxidation sites excluding steroid dienone is 1. The molecule has 0 unspecified atom stereocenters. The van der Waals surface area contributed by atoms with Crippen LogP contribution in [0.5, 0.6) is 0 Å². The molecule has 0 aliphatic carbocycles. The minimum Gasteiger partial charge on any atom is -0.211 e. The molecule has 0 fully saturated rings. The van der Waals surface area contributed by atoms with Crippen molar-refractivity contribution >= 4 is 6.08 Å². The Morgan fingerprint density at radius 3 is 1.43 bits per heavy atom. The number of aliphatic imine (C=N–C) groups is 1. The lowest BCUT2D eigenvalue weighted by Gasteiger charge is -2.03. The van der Waals surface area contributed by atoms with Crippen molar-refractivity contribution in [2.75, 3.05) is 6.54 Å². The number of hydrogen-bond acceptors (Lipinski definition) is 2. The average molecular weight is 293 g/mol. The molecule has 0 spiro atoms. The second kappa shape index (κ2) is 19.1. The van der Waals surface area contributed by atoms with E-state index in [9.17, 15) is 4.79 Å². The average Bonchev–Trinajstić information content (AvgIpc) is 2.50. The van der Waals surface area contributed by atoms with Gasteiger partial charge in [0.15, 0.2) is 0 Å². The topological polar surface area (TPSA) is 29.4 Å². The monoisotopic (exact) mass is 293 g/mol. The number of rotatable bonds is 17. The van der Waals surface area contributed by atoms with Crippen molar-refractivity contribution in [3.63, 3.8) is 0 Å². The van der Waals surface area contributed by atoms with Gasteiger partial charge in [-0.15, -0.1) is 6.58 Å². The predicted octanol–water partition coefficient (Wildman–Crippen LogP) is 6.36. The molecule has 0 atom stereocenters. The maximum absolute atomic E-state index is 9.87. The summed E-state index contributed by atoms with van der Waals surface area (Å²) in [5.41, 5.74) is 0. The summed E-state index contributed by atoms with van der Waals surface area (Å²) in [6.45, 7) is 4.42. The molecule has 0 saturated carbocycles. The first-order valence-electron chi connectivity index (χ1n) is 9.06. The summed E-state index contributed by atoms with van der Waals surface area (Å²) in [6, 6.07) is 0. The van der Waals surface area contributed by atoms with Gasteiger partial charge in [-0.2, -0.15) is 0 Å². The van der Waals surface area contributed by atoms with Crippen LogP contribution < -0.4 is 0 Å². The van der Waals surface area contributed by atoms with Gasteiger partial charge in [-0.3, -0.25) is 0 Å². The molecule has 0 aromatic rings. The van der Waals surface area contributed by atoms with E-state index in [0.29, 0.717) is 6.54 Å². The summed E-state index contributed by atoms with van der Waals surface area (Å²) < 4.78 is 0. The Balaban J connectivity index is 2.96. The zero-order valence-corrected chi connectivity index (χ0v) is 14.0. The van der Waals surface area contributed by atoms with Crippen LogP contribution in [-0.4, -0.2) is 12.6 Å². The smallest absolute Gasteiger partial charge is 0.211 e. The molecule has 0 aliphatic heterocycles. The molecule has 0 aromatic carbocycles. The van der Waals surface area contributed by atoms with Crippen molar-refractivity contribution < 1.29 is 4.79 Å². The number of hydrogen-bond donors (Lipinski definition) is 0. The van der Waals surface area contributed by atoms with Crippen LogP contribution >= 0.6 is 0 Å². The molecule has 0 aliphatic rings. The second-order valence-electron chi connectivity index (χ2n) is 6.00. The van der Waals surface area contributed by atoms with Gasteiger partial charge in [-0.05, 0) is 19.3 Å². The summed E-state index contributed by atoms with van der Waals surface area (Å²) in [7, 11) is 0. The number of isocyanates is 1. The van der Waals surface area contributed by atoms with Crippen molar-refractivity contribution in [3.05, 3.63) is 12.7 Å². The van der Waals surface area contributed by atoms with Gasteiger partial charge in [0.25, 0.3) is 0 Å². The highest BCUT2D eigenvalue weighted by Crippen LogP contribution is 2.13. The van der Waals surface area contributed by atoms with Crippen molar-refractivity contribution in [2.24, 2.45) is 4.99 Å². The lowest BCUT2D eigenvalue weighted by molar-refractivity contribution is 0.533. The fraction of sp³-hybridized carbons (Fsp3) is 0.842. The summed E-state index contributed by atoms with van der Waals surface area (Å²) in [5, 5.41) is 0. The maximum Gasteiger partial charge on any atom is 0.234 e. The van der Waals surface area contributed by atoms with Crippen molar-refractivity contribution in [1.29, 1.82) is 0 Å². The van der Waals surface area contributed by atoms with Gasteiger partial charge in [0.2, 0.25) is 6.08 Å². The molecule has 0 amide bonds. The van der Waals surface area contributed by atoms with Crippen LogP contribution in [0.4, 0.5) is 0 Å². The third-order valence-electron chi connectivity index (χ3n) is 3.99. The van der Waals surface area contributed by atoms with E-state index in [1.54, 1.807) is 6.08 Å². The van der Waals surface area contributed by atoms with Crippen LogP contribution in [0.1, 0.15) is 96.3 Å². The van der Waals surface area contributed by atoms with Crippen molar-refractivity contribution in [3.8, 4) is 0 Å². The molecule has 0 N–H and O–H groups in total. The first kappa shape index (κ1) is 20.1. The molecule has 122 valence electrons. The summed E-state index contributed by atoms with van der Waals surface area (Å²) >= 11 is 0. The van der Waals surface area contributed by atoms with Gasteiger partial charge in [0.05, 0.1) is 6.54 Å². The van der Waals surface area contributed by atoms with Gasteiger partial charge >= 0.3 is 0 Å². The Kier molecular flexibility index (Phi) is 18.3. The van der Waals surface area contributed by atoms with E-state index in [1.165, 1.54) is 89.9 Å². The predicted molar refractivity (Wildman–Crippen MR) is 92.4 cm³/mol. The molecule has 21 heavy (non-hydrogen) atoms. The molecule has 0 heterocycles. The highest BCUT2D eigenvalue weighted by Gasteiger charge is 1.94. The third-order valence-corrected chi connectivity index (χ3v) is 3.99. The van der Waals surface area contributed by atoms with Crippen LogP contribution in [0, 0.1) is 0 Å². The van der Waals surface area contributed by atoms with Gasteiger partial charge in [0.1, 0.15) is 0 Å². The molecular weight excluding hydrogens is 258 g/mol. The molecular formula is C19H35NO. The Bertz CT molecular complexity index is 256. The molecule has 0 rings (SSSR count). The van der Waals surface area contributed by atoms with E-state index >= 15 is 0 Å². The Labute approximate surface area is 132 Å². The standard InChI is InChI=1S/C19H35NO/c1-2-3-4-5-6-7-8-9-10-11-12-13-14-15-16-17-18-20-19-21/h2H,1,3-18H2. The van der Waals surface area contributed by atoms with E-state index in [1.807, 2.05) is 6.08 Å². The second-order valence-corrected chi connectivity index (χ2v) is 6.00. The molecule has 2 heteroatoms. The fourth-order valence-corrected chi connectivity index (χ4v) is 2.65. The quantitative estimate of drug-likeness (QED) is 0.133. The van der Waals surface area contributed by atoms with Gasteiger partial charge in [0, 0.05) is 0 Å². The summed E-state index contributed by atoms with van der Waals surface area (Å²) in [5.74, 6) is 0. The summed E-state index contributed by atoms with van der Waals surface area (Å²) in [4.78, 5) is 13.4. The first-order chi connectivity index (χ1) is 10.4. The third kappa shape index (κ3) is 19.1. The Hall–Kier alpha value is -0.880. The lowest BCUT2D eigenvalue weighted by atomic mass is 10.0. The lowest BCUT2D eigenvalue weighted by Crippen LogP contribution is -1.84. The molecule has 0 bridgehead atoms. The van der Waals surface area contributed by atoms with Crippen LogP contribution in [-0.2, 0) is 4.79 Å². The summed E-state index contributed by atoms with van der Waals surface area (Å²) in [6.07, 6.45) is 23.6. The van der Waals surface area contributed by atoms with Gasteiger partial charge < -0.3 is 0 Å². The minimum atomic E-state index is 0.664. The van der Waals surface area contributed by atoms with E-state index in [0.717, 1.165) is 6.42 Å². The number of nitrogens with zero attached hydrogens (tertiary/aromatic N) is 1. The highest BCUT2D eigenvalue weighted by molar-refractivity contribution is 5.32. The molecule has 0 radical (unpaired) electrons. The van der Waals surface area contributed by atoms with E-state index < -0.39 is 0 Å².